The first-order valence-electron chi connectivity index (χ1n) is 6.00. The zero-order valence-corrected chi connectivity index (χ0v) is 13.2. The van der Waals surface area contributed by atoms with Crippen LogP contribution in [-0.2, 0) is 14.6 Å². The molecule has 1 aromatic heterocycles. The van der Waals surface area contributed by atoms with Gasteiger partial charge in [-0.15, -0.1) is 10.2 Å². The van der Waals surface area contributed by atoms with E-state index in [1.807, 2.05) is 0 Å². The number of aromatic nitrogens is 2. The Morgan fingerprint density at radius 1 is 1.33 bits per heavy atom. The number of sulfone groups is 1. The van der Waals surface area contributed by atoms with Crippen LogP contribution in [0.5, 0.6) is 0 Å². The molecule has 0 radical (unpaired) electrons. The summed E-state index contributed by atoms with van der Waals surface area (Å²) in [4.78, 5) is 25.0. The number of carbonyl (C=O) groups excluding carboxylic acids is 2. The minimum Gasteiger partial charge on any atom is -0.365 e. The zero-order valence-electron chi connectivity index (χ0n) is 11.5. The summed E-state index contributed by atoms with van der Waals surface area (Å²) in [7, 11) is -2.36. The first-order chi connectivity index (χ1) is 9.65. The van der Waals surface area contributed by atoms with Crippen LogP contribution in [0.3, 0.4) is 0 Å². The summed E-state index contributed by atoms with van der Waals surface area (Å²) < 4.78 is 23.8. The Kier molecular flexibility index (Phi) is 4.00. The van der Waals surface area contributed by atoms with Crippen LogP contribution in [0, 0.1) is 5.92 Å². The van der Waals surface area contributed by atoms with Crippen molar-refractivity contribution in [3.05, 3.63) is 0 Å². The maximum Gasteiger partial charge on any atom is 0.335 e. The fraction of sp³-hybridized carbons (Fsp3) is 0.600. The van der Waals surface area contributed by atoms with E-state index in [0.29, 0.717) is 16.2 Å². The number of hydrogen-bond acceptors (Lipinski definition) is 8. The number of amides is 3. The van der Waals surface area contributed by atoms with Gasteiger partial charge in [0.1, 0.15) is 0 Å². The van der Waals surface area contributed by atoms with Gasteiger partial charge in [-0.2, -0.15) is 0 Å². The lowest BCUT2D eigenvalue weighted by Gasteiger charge is -2.09. The van der Waals surface area contributed by atoms with E-state index in [9.17, 15) is 23.1 Å². The molecule has 1 N–H and O–H groups in total. The fourth-order valence-corrected chi connectivity index (χ4v) is 4.44. The molecule has 0 saturated carbocycles. The highest BCUT2D eigenvalue weighted by Crippen LogP contribution is 2.29. The van der Waals surface area contributed by atoms with E-state index in [4.69, 9.17) is 0 Å². The molecular weight excluding hydrogens is 320 g/mol. The summed E-state index contributed by atoms with van der Waals surface area (Å²) in [5.41, 5.74) is 0. The molecule has 116 valence electrons. The second-order valence-corrected chi connectivity index (χ2v) is 8.13. The van der Waals surface area contributed by atoms with Crippen molar-refractivity contribution >= 4 is 38.2 Å². The van der Waals surface area contributed by atoms with E-state index in [-0.39, 0.29) is 21.1 Å². The summed E-state index contributed by atoms with van der Waals surface area (Å²) in [5, 5.41) is 16.5. The molecule has 2 rings (SSSR count). The smallest absolute Gasteiger partial charge is 0.335 e. The van der Waals surface area contributed by atoms with Crippen LogP contribution in [0.4, 0.5) is 9.93 Å². The maximum atomic E-state index is 12.0. The predicted octanol–water partition coefficient (Wildman–Crippen LogP) is -0.315. The van der Waals surface area contributed by atoms with Gasteiger partial charge in [-0.1, -0.05) is 25.2 Å². The lowest BCUT2D eigenvalue weighted by atomic mass is 10.3. The lowest BCUT2D eigenvalue weighted by Crippen LogP contribution is -2.31. The van der Waals surface area contributed by atoms with Crippen LogP contribution < -0.4 is 4.90 Å². The normalized spacial score (nSPS) is 20.0. The van der Waals surface area contributed by atoms with Gasteiger partial charge >= 0.3 is 6.03 Å². The molecule has 0 aromatic carbocycles. The summed E-state index contributed by atoms with van der Waals surface area (Å²) in [5.74, 6) is -1.08. The first kappa shape index (κ1) is 15.8. The van der Waals surface area contributed by atoms with Crippen molar-refractivity contribution in [1.29, 1.82) is 0 Å². The Hall–Kier alpha value is -1.59. The molecular formula is C10H14N4O5S2. The number of anilines is 1. The van der Waals surface area contributed by atoms with Gasteiger partial charge in [0, 0.05) is 7.05 Å². The minimum absolute atomic E-state index is 0.0923. The Labute approximate surface area is 125 Å². The van der Waals surface area contributed by atoms with Crippen LogP contribution in [0.2, 0.25) is 0 Å². The molecule has 0 bridgehead atoms. The molecule has 2 heterocycles. The summed E-state index contributed by atoms with van der Waals surface area (Å²) in [6, 6.07) is -0.781. The molecule has 1 fully saturated rings. The molecule has 1 aliphatic heterocycles. The predicted molar refractivity (Wildman–Crippen MR) is 73.5 cm³/mol. The van der Waals surface area contributed by atoms with E-state index in [0.717, 1.165) is 4.90 Å². The van der Waals surface area contributed by atoms with Crippen molar-refractivity contribution in [3.8, 4) is 0 Å². The Morgan fingerprint density at radius 3 is 2.43 bits per heavy atom. The fourth-order valence-electron chi connectivity index (χ4n) is 1.74. The lowest BCUT2D eigenvalue weighted by molar-refractivity contribution is -0.128. The van der Waals surface area contributed by atoms with Gasteiger partial charge in [0.25, 0.3) is 5.91 Å². The van der Waals surface area contributed by atoms with Gasteiger partial charge in [0.2, 0.25) is 25.5 Å². The molecule has 0 aliphatic carbocycles. The van der Waals surface area contributed by atoms with Crippen molar-refractivity contribution in [2.24, 2.45) is 5.92 Å². The number of hydrogen-bond donors (Lipinski definition) is 1. The SMILES string of the molecule is CC(C)CS(=O)(=O)c1nnc(N2C(=O)C(O)N(C)C2=O)s1. The largest absolute Gasteiger partial charge is 0.365 e. The number of urea groups is 1. The quantitative estimate of drug-likeness (QED) is 0.592. The molecule has 3 amide bonds. The molecule has 1 atom stereocenters. The average molecular weight is 334 g/mol. The van der Waals surface area contributed by atoms with Crippen molar-refractivity contribution in [2.75, 3.05) is 17.7 Å². The van der Waals surface area contributed by atoms with Gasteiger partial charge in [-0.05, 0) is 5.92 Å². The minimum atomic E-state index is -3.61. The molecule has 1 unspecified atom stereocenters. The summed E-state index contributed by atoms with van der Waals surface area (Å²) in [6.07, 6.45) is -1.60. The van der Waals surface area contributed by atoms with Crippen LogP contribution in [0.25, 0.3) is 0 Å². The monoisotopic (exact) mass is 334 g/mol. The number of imide groups is 1. The second kappa shape index (κ2) is 5.31. The number of likely N-dealkylation sites (N-methyl/N-ethyl adjacent to an activating group) is 1. The number of carbonyl (C=O) groups is 2. The van der Waals surface area contributed by atoms with Gasteiger partial charge in [0.05, 0.1) is 5.75 Å². The molecule has 1 aromatic rings. The van der Waals surface area contributed by atoms with E-state index >= 15 is 0 Å². The van der Waals surface area contributed by atoms with Crippen molar-refractivity contribution in [2.45, 2.75) is 24.4 Å². The van der Waals surface area contributed by atoms with Gasteiger partial charge in [-0.25, -0.2) is 18.1 Å². The van der Waals surface area contributed by atoms with Crippen molar-refractivity contribution in [1.82, 2.24) is 15.1 Å². The molecule has 1 aliphatic rings. The van der Waals surface area contributed by atoms with Crippen LogP contribution >= 0.6 is 11.3 Å². The zero-order chi connectivity index (χ0) is 15.9. The number of aliphatic hydroxyl groups excluding tert-OH is 1. The Bertz CT molecular complexity index is 663. The third-order valence-electron chi connectivity index (χ3n) is 2.71. The Balaban J connectivity index is 2.33. The van der Waals surface area contributed by atoms with E-state index in [1.54, 1.807) is 13.8 Å². The molecule has 9 nitrogen and oxygen atoms in total. The molecule has 1 saturated heterocycles. The highest BCUT2D eigenvalue weighted by Gasteiger charge is 2.45. The average Bonchev–Trinajstić information content (AvgIpc) is 2.91. The maximum absolute atomic E-state index is 12.0. The number of nitrogens with zero attached hydrogens (tertiary/aromatic N) is 4. The third kappa shape index (κ3) is 2.76. The van der Waals surface area contributed by atoms with Gasteiger partial charge in [0.15, 0.2) is 0 Å². The van der Waals surface area contributed by atoms with Crippen LogP contribution in [-0.4, -0.2) is 59.6 Å². The van der Waals surface area contributed by atoms with E-state index in [2.05, 4.69) is 10.2 Å². The first-order valence-corrected chi connectivity index (χ1v) is 8.47. The summed E-state index contributed by atoms with van der Waals surface area (Å²) in [6.45, 7) is 3.50. The highest BCUT2D eigenvalue weighted by molar-refractivity contribution is 7.93. The highest BCUT2D eigenvalue weighted by atomic mass is 32.2. The number of rotatable bonds is 4. The van der Waals surface area contributed by atoms with Crippen LogP contribution in [0.1, 0.15) is 13.8 Å². The molecule has 11 heteroatoms. The van der Waals surface area contributed by atoms with Crippen LogP contribution in [0.15, 0.2) is 4.34 Å². The third-order valence-corrected chi connectivity index (χ3v) is 6.14. The van der Waals surface area contributed by atoms with E-state index in [1.165, 1.54) is 7.05 Å². The van der Waals surface area contributed by atoms with Gasteiger partial charge < -0.3 is 5.11 Å². The van der Waals surface area contributed by atoms with Crippen molar-refractivity contribution in [3.63, 3.8) is 0 Å². The second-order valence-electron chi connectivity index (χ2n) is 4.97. The van der Waals surface area contributed by atoms with Crippen molar-refractivity contribution < 1.29 is 23.1 Å². The Morgan fingerprint density at radius 2 is 1.95 bits per heavy atom. The van der Waals surface area contributed by atoms with E-state index < -0.39 is 28.0 Å². The van der Waals surface area contributed by atoms with Gasteiger partial charge in [-0.3, -0.25) is 9.69 Å². The molecule has 0 spiro atoms. The summed E-state index contributed by atoms with van der Waals surface area (Å²) >= 11 is 0.627. The topological polar surface area (TPSA) is 121 Å². The molecule has 21 heavy (non-hydrogen) atoms. The number of aliphatic hydroxyl groups is 1. The standard InChI is InChI=1S/C10H14N4O5S2/c1-5(2)4-21(18,19)9-12-11-8(20-9)14-7(16)6(15)13(3)10(14)17/h5-6,15H,4H2,1-3H3.